The van der Waals surface area contributed by atoms with Gasteiger partial charge in [0.25, 0.3) is 5.91 Å². The van der Waals surface area contributed by atoms with Gasteiger partial charge < -0.3 is 29.4 Å². The molecule has 43 heavy (non-hydrogen) atoms. The summed E-state index contributed by atoms with van der Waals surface area (Å²) in [6, 6.07) is 12.0. The maximum Gasteiger partial charge on any atom is 0.338 e. The molecule has 1 saturated carbocycles. The monoisotopic (exact) mass is 587 g/mol. The molecule has 1 aliphatic heterocycles. The lowest BCUT2D eigenvalue weighted by Crippen LogP contribution is -2.32. The van der Waals surface area contributed by atoms with Crippen molar-refractivity contribution in [2.75, 3.05) is 40.5 Å². The molecular weight excluding hydrogens is 542 g/mol. The average molecular weight is 588 g/mol. The van der Waals surface area contributed by atoms with Gasteiger partial charge in [-0.3, -0.25) is 4.79 Å². The van der Waals surface area contributed by atoms with E-state index in [4.69, 9.17) is 19.9 Å². The average Bonchev–Trinajstić information content (AvgIpc) is 3.20. The third-order valence-electron chi connectivity index (χ3n) is 8.38. The fourth-order valence-corrected chi connectivity index (χ4v) is 6.37. The molecule has 2 N–H and O–H groups in total. The van der Waals surface area contributed by atoms with Gasteiger partial charge in [0.05, 0.1) is 38.1 Å². The number of esters is 1. The van der Waals surface area contributed by atoms with Crippen molar-refractivity contribution in [1.82, 2.24) is 9.47 Å². The fourth-order valence-electron chi connectivity index (χ4n) is 6.37. The molecule has 2 aromatic carbocycles. The third kappa shape index (κ3) is 6.65. The molecule has 1 aromatic heterocycles. The van der Waals surface area contributed by atoms with Crippen LogP contribution in [0.1, 0.15) is 80.3 Å². The van der Waals surface area contributed by atoms with E-state index < -0.39 is 5.60 Å². The van der Waals surface area contributed by atoms with Crippen LogP contribution in [0.3, 0.4) is 0 Å². The largest absolute Gasteiger partial charge is 0.497 e. The molecule has 0 saturated heterocycles. The fraction of sp³-hybridized carbons (Fsp3) is 0.486. The SMILES string of the molecule is COc1ccc2c(c1)C=C(C(=O)N(C)CCOCCN)Cn1c-2c(C2CCCCC2)c2ccc(C(=O)OC(C)(C)C)cc21. The van der Waals surface area contributed by atoms with Gasteiger partial charge in [-0.1, -0.05) is 25.3 Å². The van der Waals surface area contributed by atoms with Crippen molar-refractivity contribution in [1.29, 1.82) is 0 Å². The minimum Gasteiger partial charge on any atom is -0.497 e. The minimum absolute atomic E-state index is 0.0673. The van der Waals surface area contributed by atoms with Crippen LogP contribution in [0.2, 0.25) is 0 Å². The number of aromatic nitrogens is 1. The van der Waals surface area contributed by atoms with Gasteiger partial charge in [0.1, 0.15) is 11.4 Å². The van der Waals surface area contributed by atoms with Crippen LogP contribution in [-0.4, -0.2) is 67.4 Å². The van der Waals surface area contributed by atoms with Crippen LogP contribution in [0.25, 0.3) is 28.2 Å². The minimum atomic E-state index is -0.603. The summed E-state index contributed by atoms with van der Waals surface area (Å²) in [6.07, 6.45) is 7.88. The molecule has 0 bridgehead atoms. The lowest BCUT2D eigenvalue weighted by molar-refractivity contribution is -0.126. The molecule has 3 aromatic rings. The van der Waals surface area contributed by atoms with Crippen LogP contribution < -0.4 is 10.5 Å². The second-order valence-electron chi connectivity index (χ2n) is 12.7. The number of fused-ring (bicyclic) bond motifs is 5. The number of likely N-dealkylation sites (N-methyl/N-ethyl adjacent to an activating group) is 1. The smallest absolute Gasteiger partial charge is 0.338 e. The van der Waals surface area contributed by atoms with Crippen LogP contribution in [0, 0.1) is 0 Å². The predicted molar refractivity (Wildman–Crippen MR) is 170 cm³/mol. The summed E-state index contributed by atoms with van der Waals surface area (Å²) in [5, 5.41) is 1.13. The quantitative estimate of drug-likeness (QED) is 0.238. The maximum atomic E-state index is 13.9. The van der Waals surface area contributed by atoms with Crippen molar-refractivity contribution >= 4 is 28.9 Å². The molecule has 2 heterocycles. The number of carbonyl (C=O) groups excluding carboxylic acids is 2. The predicted octanol–water partition coefficient (Wildman–Crippen LogP) is 6.15. The number of rotatable bonds is 9. The van der Waals surface area contributed by atoms with Gasteiger partial charge >= 0.3 is 5.97 Å². The van der Waals surface area contributed by atoms with E-state index in [1.165, 1.54) is 24.8 Å². The second-order valence-corrected chi connectivity index (χ2v) is 12.7. The molecule has 1 amide bonds. The molecule has 8 nitrogen and oxygen atoms in total. The van der Waals surface area contributed by atoms with E-state index in [1.807, 2.05) is 51.1 Å². The Morgan fingerprint density at radius 1 is 1.05 bits per heavy atom. The van der Waals surface area contributed by atoms with E-state index in [9.17, 15) is 9.59 Å². The number of carbonyl (C=O) groups is 2. The van der Waals surface area contributed by atoms with Crippen LogP contribution >= 0.6 is 0 Å². The van der Waals surface area contributed by atoms with E-state index in [-0.39, 0.29) is 11.9 Å². The number of nitrogens with zero attached hydrogens (tertiary/aromatic N) is 2. The number of benzene rings is 2. The first-order chi connectivity index (χ1) is 20.6. The van der Waals surface area contributed by atoms with Gasteiger partial charge in [-0.05, 0) is 87.1 Å². The van der Waals surface area contributed by atoms with Gasteiger partial charge in [0.2, 0.25) is 0 Å². The number of hydrogen-bond acceptors (Lipinski definition) is 6. The molecule has 2 aliphatic rings. The van der Waals surface area contributed by atoms with Crippen molar-refractivity contribution in [3.8, 4) is 17.0 Å². The Morgan fingerprint density at radius 2 is 1.81 bits per heavy atom. The van der Waals surface area contributed by atoms with Gasteiger partial charge in [0, 0.05) is 42.2 Å². The van der Waals surface area contributed by atoms with Crippen molar-refractivity contribution < 1.29 is 23.8 Å². The highest BCUT2D eigenvalue weighted by molar-refractivity contribution is 6.03. The van der Waals surface area contributed by atoms with Gasteiger partial charge in [-0.2, -0.15) is 0 Å². The van der Waals surface area contributed by atoms with Crippen molar-refractivity contribution in [3.63, 3.8) is 0 Å². The Hall–Kier alpha value is -3.62. The van der Waals surface area contributed by atoms with Crippen molar-refractivity contribution in [2.45, 2.75) is 70.9 Å². The van der Waals surface area contributed by atoms with Gasteiger partial charge in [-0.15, -0.1) is 0 Å². The first kappa shape index (κ1) is 30.8. The summed E-state index contributed by atoms with van der Waals surface area (Å²) in [5.41, 5.74) is 11.5. The molecular formula is C35H45N3O5. The van der Waals surface area contributed by atoms with Gasteiger partial charge in [0.15, 0.2) is 0 Å². The summed E-state index contributed by atoms with van der Waals surface area (Å²) in [4.78, 5) is 28.8. The zero-order chi connectivity index (χ0) is 30.7. The Labute approximate surface area is 254 Å². The summed E-state index contributed by atoms with van der Waals surface area (Å²) >= 11 is 0. The zero-order valence-electron chi connectivity index (χ0n) is 26.2. The molecule has 0 radical (unpaired) electrons. The van der Waals surface area contributed by atoms with Crippen molar-refractivity contribution in [2.24, 2.45) is 5.73 Å². The molecule has 5 rings (SSSR count). The first-order valence-electron chi connectivity index (χ1n) is 15.4. The number of hydrogen-bond donors (Lipinski definition) is 1. The number of nitrogens with two attached hydrogens (primary N) is 1. The van der Waals surface area contributed by atoms with Crippen molar-refractivity contribution in [3.05, 3.63) is 58.7 Å². The molecule has 0 unspecified atom stereocenters. The highest BCUT2D eigenvalue weighted by Crippen LogP contribution is 2.47. The van der Waals surface area contributed by atoms with E-state index in [0.717, 1.165) is 46.3 Å². The summed E-state index contributed by atoms with van der Waals surface area (Å²) in [5.74, 6) is 0.713. The first-order valence-corrected chi connectivity index (χ1v) is 15.4. The highest BCUT2D eigenvalue weighted by Gasteiger charge is 2.31. The summed E-state index contributed by atoms with van der Waals surface area (Å²) in [6.45, 7) is 7.77. The van der Waals surface area contributed by atoms with Crippen LogP contribution in [0.15, 0.2) is 42.0 Å². The summed E-state index contributed by atoms with van der Waals surface area (Å²) in [7, 11) is 3.46. The molecule has 1 aliphatic carbocycles. The standard InChI is InChI=1S/C35H45N3O5/c1-35(2,3)43-34(40)24-11-13-29-30(21-24)38-22-26(33(39)37(4)16-18-42-17-15-36)19-25-20-27(41-5)12-14-28(25)32(38)31(29)23-9-7-6-8-10-23/h11-14,19-21,23H,6-10,15-18,22,36H2,1-5H3. The molecule has 0 atom stereocenters. The lowest BCUT2D eigenvalue weighted by Gasteiger charge is -2.24. The normalized spacial score (nSPS) is 15.3. The second kappa shape index (κ2) is 12.9. The van der Waals surface area contributed by atoms with Gasteiger partial charge in [-0.25, -0.2) is 4.79 Å². The Balaban J connectivity index is 1.68. The maximum absolute atomic E-state index is 13.9. The number of methoxy groups -OCH3 is 1. The van der Waals surface area contributed by atoms with Crippen LogP contribution in [0.4, 0.5) is 0 Å². The van der Waals surface area contributed by atoms with Crippen LogP contribution in [0.5, 0.6) is 5.75 Å². The third-order valence-corrected chi connectivity index (χ3v) is 8.38. The molecule has 0 spiro atoms. The molecule has 8 heteroatoms. The highest BCUT2D eigenvalue weighted by atomic mass is 16.6. The molecule has 1 fully saturated rings. The zero-order valence-corrected chi connectivity index (χ0v) is 26.2. The Kier molecular flexibility index (Phi) is 9.28. The number of amides is 1. The van der Waals surface area contributed by atoms with E-state index in [2.05, 4.69) is 16.7 Å². The van der Waals surface area contributed by atoms with E-state index in [1.54, 1.807) is 19.1 Å². The van der Waals surface area contributed by atoms with E-state index in [0.29, 0.717) is 49.9 Å². The lowest BCUT2D eigenvalue weighted by atomic mass is 9.81. The Morgan fingerprint density at radius 3 is 2.51 bits per heavy atom. The summed E-state index contributed by atoms with van der Waals surface area (Å²) < 4.78 is 19.1. The van der Waals surface area contributed by atoms with E-state index >= 15 is 0 Å². The molecule has 230 valence electrons. The Bertz CT molecular complexity index is 1520. The van der Waals surface area contributed by atoms with Crippen LogP contribution in [-0.2, 0) is 20.8 Å². The topological polar surface area (TPSA) is 96.0 Å². The number of ether oxygens (including phenoxy) is 3.